The highest BCUT2D eigenvalue weighted by molar-refractivity contribution is 5.93. The zero-order valence-electron chi connectivity index (χ0n) is 16.7. The van der Waals surface area contributed by atoms with Crippen LogP contribution in [0.4, 0.5) is 13.2 Å². The van der Waals surface area contributed by atoms with Gasteiger partial charge in [-0.2, -0.15) is 13.2 Å². The van der Waals surface area contributed by atoms with E-state index in [-0.39, 0.29) is 5.69 Å². The van der Waals surface area contributed by atoms with Crippen molar-refractivity contribution in [3.8, 4) is 28.3 Å². The van der Waals surface area contributed by atoms with Gasteiger partial charge in [0.25, 0.3) is 5.91 Å². The van der Waals surface area contributed by atoms with Crippen molar-refractivity contribution >= 4 is 5.91 Å². The molecule has 1 heterocycles. The van der Waals surface area contributed by atoms with Crippen LogP contribution >= 0.6 is 0 Å². The predicted octanol–water partition coefficient (Wildman–Crippen LogP) is 5.62. The quantitative estimate of drug-likeness (QED) is 0.426. The van der Waals surface area contributed by atoms with E-state index < -0.39 is 18.6 Å². The molecule has 3 aromatic carbocycles. The molecule has 0 atom stereocenters. The molecule has 1 N–H and O–H groups in total. The van der Waals surface area contributed by atoms with Gasteiger partial charge in [-0.25, -0.2) is 4.98 Å². The molecule has 32 heavy (non-hydrogen) atoms. The number of ether oxygens (including phenoxy) is 1. The SMILES string of the molecule is O=C(NCC(F)(F)F)c1cncn1-c1cccc(-c2ccc(Oc3ccccc3)cc2)c1. The summed E-state index contributed by atoms with van der Waals surface area (Å²) in [5.74, 6) is 0.570. The third kappa shape index (κ3) is 5.15. The first-order valence-electron chi connectivity index (χ1n) is 9.70. The first-order valence-corrected chi connectivity index (χ1v) is 9.70. The van der Waals surface area contributed by atoms with E-state index in [9.17, 15) is 18.0 Å². The van der Waals surface area contributed by atoms with Crippen LogP contribution in [-0.4, -0.2) is 28.2 Å². The van der Waals surface area contributed by atoms with Gasteiger partial charge in [0.1, 0.15) is 23.7 Å². The van der Waals surface area contributed by atoms with Gasteiger partial charge in [-0.1, -0.05) is 42.5 Å². The second-order valence-electron chi connectivity index (χ2n) is 6.94. The van der Waals surface area contributed by atoms with Crippen LogP contribution in [0.1, 0.15) is 10.5 Å². The van der Waals surface area contributed by atoms with Gasteiger partial charge in [-0.05, 0) is 47.5 Å². The van der Waals surface area contributed by atoms with Gasteiger partial charge in [0, 0.05) is 5.69 Å². The number of imidazole rings is 1. The summed E-state index contributed by atoms with van der Waals surface area (Å²) in [6.07, 6.45) is -1.87. The molecule has 1 amide bonds. The number of halogens is 3. The Morgan fingerprint density at radius 3 is 2.34 bits per heavy atom. The third-order valence-corrected chi connectivity index (χ3v) is 4.61. The fraction of sp³-hybridized carbons (Fsp3) is 0.0833. The average Bonchev–Trinajstić information content (AvgIpc) is 3.28. The minimum atomic E-state index is -4.49. The van der Waals surface area contributed by atoms with E-state index in [2.05, 4.69) is 4.98 Å². The maximum Gasteiger partial charge on any atom is 0.405 e. The molecule has 1 aromatic heterocycles. The van der Waals surface area contributed by atoms with Crippen LogP contribution < -0.4 is 10.1 Å². The maximum atomic E-state index is 12.4. The van der Waals surface area contributed by atoms with Crippen molar-refractivity contribution in [2.24, 2.45) is 0 Å². The molecule has 0 saturated carbocycles. The van der Waals surface area contributed by atoms with Crippen LogP contribution in [0.25, 0.3) is 16.8 Å². The van der Waals surface area contributed by atoms with E-state index in [0.29, 0.717) is 11.4 Å². The molecular weight excluding hydrogens is 419 g/mol. The molecule has 0 saturated heterocycles. The Hall–Kier alpha value is -4.07. The number of carbonyl (C=O) groups excluding carboxylic acids is 1. The summed E-state index contributed by atoms with van der Waals surface area (Å²) in [4.78, 5) is 16.1. The Balaban J connectivity index is 1.53. The number of benzene rings is 3. The van der Waals surface area contributed by atoms with Crippen molar-refractivity contribution in [2.75, 3.05) is 6.54 Å². The number of hydrogen-bond acceptors (Lipinski definition) is 3. The lowest BCUT2D eigenvalue weighted by molar-refractivity contribution is -0.123. The Morgan fingerprint density at radius 1 is 0.906 bits per heavy atom. The van der Waals surface area contributed by atoms with Crippen LogP contribution in [-0.2, 0) is 0 Å². The maximum absolute atomic E-state index is 12.4. The molecule has 0 aliphatic heterocycles. The number of nitrogens with zero attached hydrogens (tertiary/aromatic N) is 2. The second kappa shape index (κ2) is 8.97. The Morgan fingerprint density at radius 2 is 1.62 bits per heavy atom. The topological polar surface area (TPSA) is 56.2 Å². The van der Waals surface area contributed by atoms with E-state index in [4.69, 9.17) is 4.74 Å². The summed E-state index contributed by atoms with van der Waals surface area (Å²) in [5.41, 5.74) is 2.39. The average molecular weight is 437 g/mol. The zero-order chi connectivity index (χ0) is 22.6. The monoisotopic (exact) mass is 437 g/mol. The second-order valence-corrected chi connectivity index (χ2v) is 6.94. The number of nitrogens with one attached hydrogen (secondary N) is 1. The Bertz CT molecular complexity index is 1200. The van der Waals surface area contributed by atoms with E-state index >= 15 is 0 Å². The molecule has 0 fully saturated rings. The molecule has 0 aliphatic carbocycles. The van der Waals surface area contributed by atoms with Crippen LogP contribution in [0.15, 0.2) is 91.4 Å². The van der Waals surface area contributed by atoms with Gasteiger partial charge < -0.3 is 10.1 Å². The molecule has 4 aromatic rings. The van der Waals surface area contributed by atoms with Crippen LogP contribution in [0.2, 0.25) is 0 Å². The summed E-state index contributed by atoms with van der Waals surface area (Å²) in [6, 6.07) is 24.2. The van der Waals surface area contributed by atoms with Crippen LogP contribution in [0, 0.1) is 0 Å². The number of aromatic nitrogens is 2. The van der Waals surface area contributed by atoms with Gasteiger partial charge in [0.05, 0.1) is 12.5 Å². The Kier molecular flexibility index (Phi) is 5.93. The normalized spacial score (nSPS) is 11.2. The standard InChI is InChI=1S/C24H18F3N3O2/c25-24(26,27)15-29-23(31)22-14-28-16-30(22)19-6-4-5-18(13-19)17-9-11-21(12-10-17)32-20-7-2-1-3-8-20/h1-14,16H,15H2,(H,29,31). The Labute approximate surface area is 182 Å². The smallest absolute Gasteiger partial charge is 0.405 e. The molecule has 8 heteroatoms. The van der Waals surface area contributed by atoms with Gasteiger partial charge in [0.15, 0.2) is 0 Å². The van der Waals surface area contributed by atoms with Crippen molar-refractivity contribution in [1.29, 1.82) is 0 Å². The van der Waals surface area contributed by atoms with Crippen molar-refractivity contribution in [2.45, 2.75) is 6.18 Å². The lowest BCUT2D eigenvalue weighted by Crippen LogP contribution is -2.34. The van der Waals surface area contributed by atoms with Crippen LogP contribution in [0.5, 0.6) is 11.5 Å². The number of para-hydroxylation sites is 1. The highest BCUT2D eigenvalue weighted by atomic mass is 19.4. The number of rotatable bonds is 6. The molecule has 0 radical (unpaired) electrons. The van der Waals surface area contributed by atoms with E-state index in [1.807, 2.05) is 72.0 Å². The van der Waals surface area contributed by atoms with E-state index in [1.54, 1.807) is 12.1 Å². The summed E-state index contributed by atoms with van der Waals surface area (Å²) in [7, 11) is 0. The molecule has 0 aliphatic rings. The third-order valence-electron chi connectivity index (χ3n) is 4.61. The fourth-order valence-corrected chi connectivity index (χ4v) is 3.12. The molecular formula is C24H18F3N3O2. The molecule has 5 nitrogen and oxygen atoms in total. The minimum Gasteiger partial charge on any atom is -0.457 e. The van der Waals surface area contributed by atoms with Crippen molar-refractivity contribution in [3.05, 3.63) is 97.1 Å². The highest BCUT2D eigenvalue weighted by Gasteiger charge is 2.28. The fourth-order valence-electron chi connectivity index (χ4n) is 3.12. The molecule has 0 unspecified atom stereocenters. The molecule has 0 spiro atoms. The first-order chi connectivity index (χ1) is 15.4. The first kappa shape index (κ1) is 21.2. The van der Waals surface area contributed by atoms with Crippen LogP contribution in [0.3, 0.4) is 0 Å². The van der Waals surface area contributed by atoms with Gasteiger partial charge in [-0.15, -0.1) is 0 Å². The van der Waals surface area contributed by atoms with Crippen molar-refractivity contribution < 1.29 is 22.7 Å². The number of amides is 1. The van der Waals surface area contributed by atoms with Crippen molar-refractivity contribution in [3.63, 3.8) is 0 Å². The molecule has 162 valence electrons. The summed E-state index contributed by atoms with van der Waals surface area (Å²) in [6.45, 7) is -1.41. The van der Waals surface area contributed by atoms with E-state index in [1.165, 1.54) is 17.1 Å². The van der Waals surface area contributed by atoms with Gasteiger partial charge >= 0.3 is 6.18 Å². The largest absolute Gasteiger partial charge is 0.457 e. The molecule has 4 rings (SSSR count). The zero-order valence-corrected chi connectivity index (χ0v) is 16.7. The van der Waals surface area contributed by atoms with Crippen molar-refractivity contribution in [1.82, 2.24) is 14.9 Å². The number of hydrogen-bond donors (Lipinski definition) is 1. The number of carbonyl (C=O) groups is 1. The van der Waals surface area contributed by atoms with Gasteiger partial charge in [0.2, 0.25) is 0 Å². The van der Waals surface area contributed by atoms with E-state index in [0.717, 1.165) is 16.9 Å². The summed E-state index contributed by atoms with van der Waals surface area (Å²) in [5, 5.41) is 1.87. The predicted molar refractivity (Wildman–Crippen MR) is 114 cm³/mol. The lowest BCUT2D eigenvalue weighted by atomic mass is 10.0. The minimum absolute atomic E-state index is 0.0120. The number of alkyl halides is 3. The summed E-state index contributed by atoms with van der Waals surface area (Å²) < 4.78 is 44.5. The lowest BCUT2D eigenvalue weighted by Gasteiger charge is -2.12. The highest BCUT2D eigenvalue weighted by Crippen LogP contribution is 2.27. The molecule has 0 bridgehead atoms. The van der Waals surface area contributed by atoms with Gasteiger partial charge in [-0.3, -0.25) is 9.36 Å². The summed E-state index contributed by atoms with van der Waals surface area (Å²) >= 11 is 0.